The van der Waals surface area contributed by atoms with E-state index in [1.165, 1.54) is 9.80 Å². The van der Waals surface area contributed by atoms with Gasteiger partial charge in [-0.3, -0.25) is 19.3 Å². The van der Waals surface area contributed by atoms with Crippen LogP contribution in [-0.2, 0) is 16.0 Å². The van der Waals surface area contributed by atoms with E-state index in [1.54, 1.807) is 16.7 Å². The molecule has 0 radical (unpaired) electrons. The van der Waals surface area contributed by atoms with Crippen molar-refractivity contribution in [2.45, 2.75) is 23.8 Å². The first-order valence-electron chi connectivity index (χ1n) is 7.48. The van der Waals surface area contributed by atoms with Crippen molar-refractivity contribution in [3.8, 4) is 0 Å². The Morgan fingerprint density at radius 2 is 1.96 bits per heavy atom. The molecule has 0 unspecified atom stereocenters. The molecular weight excluding hydrogens is 332 g/mol. The van der Waals surface area contributed by atoms with Crippen molar-refractivity contribution in [2.24, 2.45) is 0 Å². The molecule has 7 heteroatoms. The molecule has 3 rings (SSSR count). The van der Waals surface area contributed by atoms with E-state index in [9.17, 15) is 14.4 Å². The molecular formula is C16H18N2O3S2. The fourth-order valence-electron chi connectivity index (χ4n) is 2.74. The van der Waals surface area contributed by atoms with Crippen LogP contribution in [0.25, 0.3) is 0 Å². The minimum atomic E-state index is -0.180. The van der Waals surface area contributed by atoms with Crippen molar-refractivity contribution in [2.75, 3.05) is 25.1 Å². The lowest BCUT2D eigenvalue weighted by Gasteiger charge is -2.42. The van der Waals surface area contributed by atoms with Crippen molar-refractivity contribution >= 4 is 40.6 Å². The summed E-state index contributed by atoms with van der Waals surface area (Å²) >= 11 is 2.74. The molecule has 0 atom stereocenters. The molecule has 0 spiro atoms. The van der Waals surface area contributed by atoms with Crippen molar-refractivity contribution in [3.05, 3.63) is 29.8 Å². The Morgan fingerprint density at radius 3 is 2.52 bits per heavy atom. The highest BCUT2D eigenvalue weighted by Crippen LogP contribution is 2.26. The van der Waals surface area contributed by atoms with Crippen LogP contribution < -0.4 is 0 Å². The van der Waals surface area contributed by atoms with Crippen LogP contribution in [0, 0.1) is 0 Å². The fraction of sp³-hybridized carbons (Fsp3) is 0.438. The first kappa shape index (κ1) is 16.4. The minimum absolute atomic E-state index is 0.0851. The Morgan fingerprint density at radius 1 is 1.26 bits per heavy atom. The molecule has 3 amide bonds. The van der Waals surface area contributed by atoms with Crippen molar-refractivity contribution in [3.63, 3.8) is 0 Å². The van der Waals surface area contributed by atoms with E-state index >= 15 is 0 Å². The Balaban J connectivity index is 1.45. The standard InChI is InChI=1S/C16H18N2O3S2/c1-22-13-5-2-11(3-6-13)4-7-14(19)17-8-12(9-17)18-15(20)10-23-16(18)21/h2-3,5-6,12H,4,7-10H2,1H3. The molecule has 1 aromatic rings. The summed E-state index contributed by atoms with van der Waals surface area (Å²) in [6, 6.07) is 8.10. The third-order valence-electron chi connectivity index (χ3n) is 4.15. The molecule has 2 aliphatic rings. The van der Waals surface area contributed by atoms with Gasteiger partial charge in [0.2, 0.25) is 11.8 Å². The summed E-state index contributed by atoms with van der Waals surface area (Å²) in [5.41, 5.74) is 1.15. The van der Waals surface area contributed by atoms with Crippen molar-refractivity contribution in [1.29, 1.82) is 0 Å². The minimum Gasteiger partial charge on any atom is -0.338 e. The first-order chi connectivity index (χ1) is 11.1. The number of thioether (sulfide) groups is 2. The van der Waals surface area contributed by atoms with Gasteiger partial charge in [-0.25, -0.2) is 0 Å². The molecule has 0 aromatic heterocycles. The van der Waals surface area contributed by atoms with E-state index in [0.717, 1.165) is 17.3 Å². The van der Waals surface area contributed by atoms with Crippen LogP contribution >= 0.6 is 23.5 Å². The number of benzene rings is 1. The van der Waals surface area contributed by atoms with Gasteiger partial charge >= 0.3 is 0 Å². The van der Waals surface area contributed by atoms with Crippen LogP contribution in [0.5, 0.6) is 0 Å². The zero-order valence-corrected chi connectivity index (χ0v) is 14.5. The van der Waals surface area contributed by atoms with Gasteiger partial charge in [-0.05, 0) is 30.4 Å². The second kappa shape index (κ2) is 6.97. The number of hydrogen-bond acceptors (Lipinski definition) is 5. The lowest BCUT2D eigenvalue weighted by Crippen LogP contribution is -2.62. The fourth-order valence-corrected chi connectivity index (χ4v) is 3.93. The quantitative estimate of drug-likeness (QED) is 0.763. The number of carbonyl (C=O) groups is 3. The highest BCUT2D eigenvalue weighted by atomic mass is 32.2. The smallest absolute Gasteiger partial charge is 0.289 e. The molecule has 0 saturated carbocycles. The van der Waals surface area contributed by atoms with Crippen LogP contribution in [0.1, 0.15) is 12.0 Å². The average molecular weight is 350 g/mol. The number of imide groups is 1. The van der Waals surface area contributed by atoms with Gasteiger partial charge in [-0.1, -0.05) is 23.9 Å². The van der Waals surface area contributed by atoms with E-state index in [1.807, 2.05) is 6.26 Å². The van der Waals surface area contributed by atoms with Crippen LogP contribution in [0.3, 0.4) is 0 Å². The van der Waals surface area contributed by atoms with Crippen LogP contribution in [0.4, 0.5) is 4.79 Å². The molecule has 0 bridgehead atoms. The third-order valence-corrected chi connectivity index (χ3v) is 5.73. The summed E-state index contributed by atoms with van der Waals surface area (Å²) in [6.45, 7) is 0.949. The summed E-state index contributed by atoms with van der Waals surface area (Å²) in [6.07, 6.45) is 3.21. The monoisotopic (exact) mass is 350 g/mol. The normalized spacial score (nSPS) is 18.5. The third kappa shape index (κ3) is 3.55. The molecule has 2 saturated heterocycles. The summed E-state index contributed by atoms with van der Waals surface area (Å²) in [5, 5.41) is -0.180. The van der Waals surface area contributed by atoms with Crippen LogP contribution in [0.2, 0.25) is 0 Å². The molecule has 1 aromatic carbocycles. The number of hydrogen-bond donors (Lipinski definition) is 0. The second-order valence-electron chi connectivity index (χ2n) is 5.62. The predicted molar refractivity (Wildman–Crippen MR) is 91.6 cm³/mol. The summed E-state index contributed by atoms with van der Waals surface area (Å²) < 4.78 is 0. The lowest BCUT2D eigenvalue weighted by atomic mass is 10.0. The van der Waals surface area contributed by atoms with Crippen molar-refractivity contribution < 1.29 is 14.4 Å². The Kier molecular flexibility index (Phi) is 4.96. The number of aryl methyl sites for hydroxylation is 1. The van der Waals surface area contributed by atoms with E-state index in [2.05, 4.69) is 24.3 Å². The molecule has 5 nitrogen and oxygen atoms in total. The van der Waals surface area contributed by atoms with E-state index in [-0.39, 0.29) is 28.8 Å². The van der Waals surface area contributed by atoms with Crippen molar-refractivity contribution in [1.82, 2.24) is 9.80 Å². The number of amides is 3. The molecule has 0 aliphatic carbocycles. The van der Waals surface area contributed by atoms with Gasteiger partial charge < -0.3 is 4.90 Å². The van der Waals surface area contributed by atoms with Gasteiger partial charge in [-0.2, -0.15) is 0 Å². The molecule has 23 heavy (non-hydrogen) atoms. The zero-order valence-electron chi connectivity index (χ0n) is 12.9. The first-order valence-corrected chi connectivity index (χ1v) is 9.69. The molecule has 122 valence electrons. The topological polar surface area (TPSA) is 57.7 Å². The summed E-state index contributed by atoms with van der Waals surface area (Å²) in [4.78, 5) is 39.7. The Labute approximate surface area is 143 Å². The molecule has 2 fully saturated rings. The van der Waals surface area contributed by atoms with Gasteiger partial charge in [0, 0.05) is 24.4 Å². The van der Waals surface area contributed by atoms with Gasteiger partial charge in [0.1, 0.15) is 0 Å². The van der Waals surface area contributed by atoms with Gasteiger partial charge in [0.05, 0.1) is 11.8 Å². The van der Waals surface area contributed by atoms with E-state index in [0.29, 0.717) is 25.9 Å². The second-order valence-corrected chi connectivity index (χ2v) is 7.43. The van der Waals surface area contributed by atoms with Gasteiger partial charge in [-0.15, -0.1) is 11.8 Å². The largest absolute Gasteiger partial charge is 0.338 e. The van der Waals surface area contributed by atoms with E-state index in [4.69, 9.17) is 0 Å². The van der Waals surface area contributed by atoms with Crippen LogP contribution in [-0.4, -0.2) is 58.0 Å². The van der Waals surface area contributed by atoms with Gasteiger partial charge in [0.15, 0.2) is 0 Å². The lowest BCUT2D eigenvalue weighted by molar-refractivity contribution is -0.142. The highest BCUT2D eigenvalue weighted by molar-refractivity contribution is 8.14. The molecule has 0 N–H and O–H groups in total. The highest BCUT2D eigenvalue weighted by Gasteiger charge is 2.43. The predicted octanol–water partition coefficient (Wildman–Crippen LogP) is 2.25. The average Bonchev–Trinajstić information content (AvgIpc) is 2.84. The maximum absolute atomic E-state index is 12.2. The zero-order chi connectivity index (χ0) is 16.4. The Hall–Kier alpha value is -1.47. The van der Waals surface area contributed by atoms with E-state index < -0.39 is 0 Å². The van der Waals surface area contributed by atoms with Crippen LogP contribution in [0.15, 0.2) is 29.2 Å². The Bertz CT molecular complexity index is 611. The summed E-state index contributed by atoms with van der Waals surface area (Å²) in [7, 11) is 0. The number of carbonyl (C=O) groups excluding carboxylic acids is 3. The number of likely N-dealkylation sites (tertiary alicyclic amines) is 1. The number of nitrogens with zero attached hydrogens (tertiary/aromatic N) is 2. The summed E-state index contributed by atoms with van der Waals surface area (Å²) in [5.74, 6) is 0.183. The maximum Gasteiger partial charge on any atom is 0.289 e. The molecule has 2 heterocycles. The van der Waals surface area contributed by atoms with Gasteiger partial charge in [0.25, 0.3) is 5.24 Å². The number of rotatable bonds is 5. The SMILES string of the molecule is CSc1ccc(CCC(=O)N2CC(N3C(=O)CSC3=O)C2)cc1. The molecule has 2 aliphatic heterocycles. The maximum atomic E-state index is 12.2.